The molecule has 0 spiro atoms. The van der Waals surface area contributed by atoms with Crippen molar-refractivity contribution in [3.8, 4) is 11.3 Å². The molecule has 0 amide bonds. The Labute approximate surface area is 147 Å². The van der Waals surface area contributed by atoms with Crippen molar-refractivity contribution in [2.75, 3.05) is 18.0 Å². The van der Waals surface area contributed by atoms with E-state index in [4.69, 9.17) is 10.1 Å². The zero-order chi connectivity index (χ0) is 17.4. The van der Waals surface area contributed by atoms with Crippen LogP contribution >= 0.6 is 0 Å². The molecule has 0 saturated heterocycles. The summed E-state index contributed by atoms with van der Waals surface area (Å²) in [4.78, 5) is 7.21. The van der Waals surface area contributed by atoms with Crippen molar-refractivity contribution in [3.05, 3.63) is 54.6 Å². The molecule has 0 aliphatic heterocycles. The van der Waals surface area contributed by atoms with Gasteiger partial charge in [-0.05, 0) is 38.1 Å². The molecule has 4 aromatic rings. The second-order valence-electron chi connectivity index (χ2n) is 6.25. The fourth-order valence-corrected chi connectivity index (χ4v) is 3.42. The number of hydrogen-bond acceptors (Lipinski definition) is 3. The molecule has 126 valence electrons. The lowest BCUT2D eigenvalue weighted by atomic mass is 10.1. The first-order valence-electron chi connectivity index (χ1n) is 8.79. The average molecular weight is 330 g/mol. The molecule has 0 saturated carbocycles. The Morgan fingerprint density at radius 1 is 0.960 bits per heavy atom. The van der Waals surface area contributed by atoms with E-state index in [1.54, 1.807) is 0 Å². The van der Waals surface area contributed by atoms with Crippen LogP contribution in [0.15, 0.2) is 54.6 Å². The SMILES string of the molecule is CCN(CC)c1ccc2nc3c(cc2c1)c(-c1ccccc1)nn3C. The number of pyridine rings is 1. The highest BCUT2D eigenvalue weighted by atomic mass is 15.3. The highest BCUT2D eigenvalue weighted by molar-refractivity contribution is 5.99. The molecule has 0 N–H and O–H groups in total. The zero-order valence-electron chi connectivity index (χ0n) is 14.9. The third kappa shape index (κ3) is 2.64. The molecule has 0 atom stereocenters. The van der Waals surface area contributed by atoms with Crippen LogP contribution in [0.4, 0.5) is 5.69 Å². The second-order valence-corrected chi connectivity index (χ2v) is 6.25. The summed E-state index contributed by atoms with van der Waals surface area (Å²) in [5.41, 5.74) is 5.27. The lowest BCUT2D eigenvalue weighted by Crippen LogP contribution is -2.21. The van der Waals surface area contributed by atoms with Crippen molar-refractivity contribution in [1.82, 2.24) is 14.8 Å². The quantitative estimate of drug-likeness (QED) is 0.547. The number of anilines is 1. The Hall–Kier alpha value is -2.88. The fourth-order valence-electron chi connectivity index (χ4n) is 3.42. The molecule has 25 heavy (non-hydrogen) atoms. The van der Waals surface area contributed by atoms with Gasteiger partial charge in [-0.2, -0.15) is 5.10 Å². The summed E-state index contributed by atoms with van der Waals surface area (Å²) < 4.78 is 1.87. The van der Waals surface area contributed by atoms with Crippen LogP contribution in [-0.2, 0) is 7.05 Å². The molecular formula is C21H22N4. The van der Waals surface area contributed by atoms with E-state index in [1.165, 1.54) is 5.69 Å². The molecule has 4 rings (SSSR count). The maximum absolute atomic E-state index is 4.86. The topological polar surface area (TPSA) is 34.0 Å². The first-order valence-corrected chi connectivity index (χ1v) is 8.79. The average Bonchev–Trinajstić information content (AvgIpc) is 2.97. The summed E-state index contributed by atoms with van der Waals surface area (Å²) in [7, 11) is 1.96. The van der Waals surface area contributed by atoms with Crippen molar-refractivity contribution < 1.29 is 0 Å². The van der Waals surface area contributed by atoms with Crippen LogP contribution < -0.4 is 4.90 Å². The molecule has 0 fully saturated rings. The van der Waals surface area contributed by atoms with Crippen molar-refractivity contribution in [1.29, 1.82) is 0 Å². The van der Waals surface area contributed by atoms with Gasteiger partial charge in [0.05, 0.1) is 5.52 Å². The molecule has 0 unspecified atom stereocenters. The molecular weight excluding hydrogens is 308 g/mol. The van der Waals surface area contributed by atoms with E-state index in [0.29, 0.717) is 0 Å². The van der Waals surface area contributed by atoms with Gasteiger partial charge in [0.1, 0.15) is 5.69 Å². The third-order valence-corrected chi connectivity index (χ3v) is 4.77. The van der Waals surface area contributed by atoms with Gasteiger partial charge in [-0.1, -0.05) is 30.3 Å². The van der Waals surface area contributed by atoms with Gasteiger partial charge in [0.25, 0.3) is 0 Å². The van der Waals surface area contributed by atoms with E-state index >= 15 is 0 Å². The summed E-state index contributed by atoms with van der Waals surface area (Å²) in [5.74, 6) is 0. The van der Waals surface area contributed by atoms with Gasteiger partial charge in [0.2, 0.25) is 0 Å². The van der Waals surface area contributed by atoms with Crippen molar-refractivity contribution in [3.63, 3.8) is 0 Å². The Balaban J connectivity index is 1.95. The molecule has 4 heteroatoms. The van der Waals surface area contributed by atoms with E-state index in [-0.39, 0.29) is 0 Å². The van der Waals surface area contributed by atoms with Crippen LogP contribution in [0.25, 0.3) is 33.2 Å². The number of rotatable bonds is 4. The largest absolute Gasteiger partial charge is 0.372 e. The summed E-state index contributed by atoms with van der Waals surface area (Å²) in [6.45, 7) is 6.37. The van der Waals surface area contributed by atoms with Crippen LogP contribution in [-0.4, -0.2) is 27.9 Å². The van der Waals surface area contributed by atoms with Crippen molar-refractivity contribution >= 4 is 27.6 Å². The van der Waals surface area contributed by atoms with Crippen LogP contribution in [0, 0.1) is 0 Å². The summed E-state index contributed by atoms with van der Waals surface area (Å²) in [5, 5.41) is 6.97. The van der Waals surface area contributed by atoms with E-state index in [2.05, 4.69) is 55.1 Å². The Kier molecular flexibility index (Phi) is 3.88. The van der Waals surface area contributed by atoms with E-state index < -0.39 is 0 Å². The summed E-state index contributed by atoms with van der Waals surface area (Å²) >= 11 is 0. The van der Waals surface area contributed by atoms with Crippen LogP contribution in [0.5, 0.6) is 0 Å². The van der Waals surface area contributed by atoms with Gasteiger partial charge in [-0.25, -0.2) is 9.67 Å². The minimum atomic E-state index is 0.918. The number of benzene rings is 2. The van der Waals surface area contributed by atoms with Crippen molar-refractivity contribution in [2.45, 2.75) is 13.8 Å². The van der Waals surface area contributed by atoms with Gasteiger partial charge in [0.15, 0.2) is 5.65 Å². The predicted molar refractivity (Wildman–Crippen MR) is 105 cm³/mol. The molecule has 0 aliphatic rings. The first-order chi connectivity index (χ1) is 12.2. The summed E-state index contributed by atoms with van der Waals surface area (Å²) in [6, 6.07) is 19.0. The molecule has 0 bridgehead atoms. The minimum absolute atomic E-state index is 0.918. The maximum atomic E-state index is 4.86. The van der Waals surface area contributed by atoms with Crippen LogP contribution in [0.3, 0.4) is 0 Å². The number of aromatic nitrogens is 3. The minimum Gasteiger partial charge on any atom is -0.372 e. The zero-order valence-corrected chi connectivity index (χ0v) is 14.9. The van der Waals surface area contributed by atoms with Gasteiger partial charge in [-0.3, -0.25) is 0 Å². The number of aryl methyl sites for hydroxylation is 1. The molecule has 2 aromatic heterocycles. The monoisotopic (exact) mass is 330 g/mol. The van der Waals surface area contributed by atoms with E-state index in [1.807, 2.05) is 29.9 Å². The van der Waals surface area contributed by atoms with Gasteiger partial charge >= 0.3 is 0 Å². The number of hydrogen-bond donors (Lipinski definition) is 0. The second kappa shape index (κ2) is 6.20. The number of nitrogens with zero attached hydrogens (tertiary/aromatic N) is 4. The lowest BCUT2D eigenvalue weighted by Gasteiger charge is -2.21. The predicted octanol–water partition coefficient (Wildman–Crippen LogP) is 4.63. The Bertz CT molecular complexity index is 1030. The molecule has 2 heterocycles. The highest BCUT2D eigenvalue weighted by Crippen LogP contribution is 2.30. The van der Waals surface area contributed by atoms with Crippen LogP contribution in [0.1, 0.15) is 13.8 Å². The van der Waals surface area contributed by atoms with Crippen LogP contribution in [0.2, 0.25) is 0 Å². The standard InChI is InChI=1S/C21H22N4/c1-4-25(5-2)17-11-12-19-16(13-17)14-18-20(15-9-7-6-8-10-15)23-24(3)21(18)22-19/h6-14H,4-5H2,1-3H3. The smallest absolute Gasteiger partial charge is 0.158 e. The van der Waals surface area contributed by atoms with Gasteiger partial charge in [-0.15, -0.1) is 0 Å². The Morgan fingerprint density at radius 3 is 2.44 bits per heavy atom. The normalized spacial score (nSPS) is 11.3. The van der Waals surface area contributed by atoms with E-state index in [0.717, 1.165) is 46.3 Å². The third-order valence-electron chi connectivity index (χ3n) is 4.77. The molecule has 0 radical (unpaired) electrons. The maximum Gasteiger partial charge on any atom is 0.158 e. The number of fused-ring (bicyclic) bond motifs is 2. The lowest BCUT2D eigenvalue weighted by molar-refractivity contribution is 0.791. The van der Waals surface area contributed by atoms with Gasteiger partial charge in [0, 0.05) is 42.2 Å². The highest BCUT2D eigenvalue weighted by Gasteiger charge is 2.13. The molecule has 0 aliphatic carbocycles. The van der Waals surface area contributed by atoms with E-state index in [9.17, 15) is 0 Å². The fraction of sp³-hybridized carbons (Fsp3) is 0.238. The summed E-state index contributed by atoms with van der Waals surface area (Å²) in [6.07, 6.45) is 0. The first kappa shape index (κ1) is 15.6. The molecule has 4 nitrogen and oxygen atoms in total. The molecule has 2 aromatic carbocycles. The Morgan fingerprint density at radius 2 is 1.72 bits per heavy atom. The van der Waals surface area contributed by atoms with Gasteiger partial charge < -0.3 is 4.90 Å². The van der Waals surface area contributed by atoms with Crippen molar-refractivity contribution in [2.24, 2.45) is 7.05 Å².